The summed E-state index contributed by atoms with van der Waals surface area (Å²) in [5.41, 5.74) is -4.05. The highest BCUT2D eigenvalue weighted by Gasteiger charge is 2.29. The second-order valence-corrected chi connectivity index (χ2v) is 11.0. The van der Waals surface area contributed by atoms with E-state index in [2.05, 4.69) is 34.7 Å². The quantitative estimate of drug-likeness (QED) is 0.159. The summed E-state index contributed by atoms with van der Waals surface area (Å²) in [6, 6.07) is 11.8. The van der Waals surface area contributed by atoms with Crippen molar-refractivity contribution in [3.8, 4) is 0 Å². The van der Waals surface area contributed by atoms with E-state index in [4.69, 9.17) is 0 Å². The number of rotatable bonds is 7. The van der Waals surface area contributed by atoms with Crippen molar-refractivity contribution in [2.45, 2.75) is 34.7 Å². The van der Waals surface area contributed by atoms with Crippen molar-refractivity contribution < 1.29 is 26.3 Å². The van der Waals surface area contributed by atoms with Crippen molar-refractivity contribution in [2.75, 3.05) is 13.1 Å². The number of alkyl halides is 6. The molecule has 12 heteroatoms. The number of nitrogens with zero attached hydrogens (tertiary/aromatic N) is 2. The van der Waals surface area contributed by atoms with Gasteiger partial charge in [0.05, 0.1) is 5.71 Å². The summed E-state index contributed by atoms with van der Waals surface area (Å²) >= 11 is -0.372. The van der Waals surface area contributed by atoms with Gasteiger partial charge in [-0.1, -0.05) is 50.3 Å². The van der Waals surface area contributed by atoms with E-state index in [1.54, 1.807) is 48.6 Å². The average molecular weight is 559 g/mol. The van der Waals surface area contributed by atoms with Gasteiger partial charge in [0, 0.05) is 28.3 Å². The number of aliphatic imine (C=N–C) groups is 1. The molecule has 198 valence electrons. The zero-order valence-electron chi connectivity index (χ0n) is 19.8. The molecule has 2 aromatic carbocycles. The summed E-state index contributed by atoms with van der Waals surface area (Å²) in [6.45, 7) is 5.48. The van der Waals surface area contributed by atoms with Crippen LogP contribution in [0.25, 0.3) is 12.2 Å². The highest BCUT2D eigenvalue weighted by atomic mass is 32.2. The standard InChI is InChI=1S/C25H24F6N4S2/c1-23(2)15-32-22(33-16-23)35-34-19(9-3-17-5-11-20(12-6-17)36-24(26,27)28)10-4-18-7-13-21(14-8-18)37-25(29,30)31/h3-14H,15-16H2,1-2H3,(H2,32,33,35). The van der Waals surface area contributed by atoms with Crippen LogP contribution in [0.2, 0.25) is 0 Å². The SMILES string of the molecule is CC1(C)CN=C(NN=C(C=Cc2ccc(SC(F)(F)F)cc2)C=Cc2ccc(SC(F)(F)F)cc2)NC1. The molecule has 0 spiro atoms. The minimum Gasteiger partial charge on any atom is -0.354 e. The van der Waals surface area contributed by atoms with Crippen LogP contribution >= 0.6 is 23.5 Å². The fourth-order valence-electron chi connectivity index (χ4n) is 2.97. The molecule has 37 heavy (non-hydrogen) atoms. The lowest BCUT2D eigenvalue weighted by Crippen LogP contribution is -2.46. The van der Waals surface area contributed by atoms with Crippen molar-refractivity contribution in [3.63, 3.8) is 0 Å². The van der Waals surface area contributed by atoms with Gasteiger partial charge in [-0.25, -0.2) is 5.43 Å². The Labute approximate surface area is 219 Å². The second kappa shape index (κ2) is 12.1. The Bertz CT molecular complexity index is 1090. The molecule has 0 bridgehead atoms. The summed E-state index contributed by atoms with van der Waals surface area (Å²) in [6.07, 6.45) is 6.71. The van der Waals surface area contributed by atoms with Crippen molar-refractivity contribution in [1.29, 1.82) is 0 Å². The predicted octanol–water partition coefficient (Wildman–Crippen LogP) is 7.57. The van der Waals surface area contributed by atoms with E-state index in [0.717, 1.165) is 0 Å². The number of benzene rings is 2. The summed E-state index contributed by atoms with van der Waals surface area (Å²) in [5, 5.41) is 7.51. The van der Waals surface area contributed by atoms with Crippen LogP contribution in [-0.2, 0) is 0 Å². The number of guanidine groups is 1. The Morgan fingerprint density at radius 1 is 0.865 bits per heavy atom. The number of nitrogens with one attached hydrogen (secondary N) is 2. The minimum atomic E-state index is -4.36. The second-order valence-electron chi connectivity index (χ2n) is 8.73. The molecule has 2 aromatic rings. The molecule has 1 aliphatic heterocycles. The molecule has 0 aliphatic carbocycles. The largest absolute Gasteiger partial charge is 0.446 e. The highest BCUT2D eigenvalue weighted by Crippen LogP contribution is 2.37. The van der Waals surface area contributed by atoms with Gasteiger partial charge in [-0.3, -0.25) is 4.99 Å². The lowest BCUT2D eigenvalue weighted by Gasteiger charge is -2.28. The van der Waals surface area contributed by atoms with Gasteiger partial charge in [0.2, 0.25) is 5.96 Å². The monoisotopic (exact) mass is 558 g/mol. The normalized spacial score (nSPS) is 15.9. The highest BCUT2D eigenvalue weighted by molar-refractivity contribution is 8.00. The Balaban J connectivity index is 1.76. The summed E-state index contributed by atoms with van der Waals surface area (Å²) in [4.78, 5) is 4.58. The first-order valence-corrected chi connectivity index (χ1v) is 12.6. The van der Waals surface area contributed by atoms with Crippen molar-refractivity contribution in [1.82, 2.24) is 10.7 Å². The molecule has 0 aromatic heterocycles. The lowest BCUT2D eigenvalue weighted by atomic mass is 9.93. The van der Waals surface area contributed by atoms with E-state index >= 15 is 0 Å². The number of hydrogen-bond donors (Lipinski definition) is 2. The van der Waals surface area contributed by atoms with E-state index in [9.17, 15) is 26.3 Å². The molecule has 0 radical (unpaired) electrons. The van der Waals surface area contributed by atoms with E-state index in [1.807, 2.05) is 0 Å². The van der Waals surface area contributed by atoms with Gasteiger partial charge >= 0.3 is 11.0 Å². The number of thioether (sulfide) groups is 2. The van der Waals surface area contributed by atoms with Crippen LogP contribution in [0.1, 0.15) is 25.0 Å². The molecule has 4 nitrogen and oxygen atoms in total. The Hall–Kier alpha value is -2.86. The maximum Gasteiger partial charge on any atom is 0.446 e. The maximum absolute atomic E-state index is 12.5. The zero-order chi connectivity index (χ0) is 27.1. The van der Waals surface area contributed by atoms with Crippen LogP contribution in [0.5, 0.6) is 0 Å². The minimum absolute atomic E-state index is 0.0185. The average Bonchev–Trinajstić information content (AvgIpc) is 2.79. The van der Waals surface area contributed by atoms with Crippen molar-refractivity contribution in [3.05, 3.63) is 71.8 Å². The van der Waals surface area contributed by atoms with Crippen LogP contribution in [0.4, 0.5) is 26.3 Å². The molecule has 0 saturated heterocycles. The third-order valence-corrected chi connectivity index (χ3v) is 6.29. The smallest absolute Gasteiger partial charge is 0.354 e. The van der Waals surface area contributed by atoms with E-state index < -0.39 is 11.0 Å². The molecular formula is C25H24F6N4S2. The molecule has 3 rings (SSSR count). The van der Waals surface area contributed by atoms with Crippen LogP contribution < -0.4 is 10.7 Å². The van der Waals surface area contributed by atoms with Crippen molar-refractivity contribution >= 4 is 47.3 Å². The molecule has 0 atom stereocenters. The number of allylic oxidation sites excluding steroid dienone is 2. The topological polar surface area (TPSA) is 48.8 Å². The van der Waals surface area contributed by atoms with Gasteiger partial charge in [0.1, 0.15) is 0 Å². The van der Waals surface area contributed by atoms with Crippen LogP contribution in [-0.4, -0.2) is 35.8 Å². The zero-order valence-corrected chi connectivity index (χ0v) is 21.5. The lowest BCUT2D eigenvalue weighted by molar-refractivity contribution is -0.0337. The molecule has 0 unspecified atom stereocenters. The Morgan fingerprint density at radius 2 is 1.32 bits per heavy atom. The molecular weight excluding hydrogens is 534 g/mol. The molecule has 1 aliphatic rings. The molecule has 0 saturated carbocycles. The fraction of sp³-hybridized carbons (Fsp3) is 0.280. The maximum atomic E-state index is 12.5. The third-order valence-electron chi connectivity index (χ3n) is 4.81. The van der Waals surface area contributed by atoms with Crippen LogP contribution in [0, 0.1) is 5.41 Å². The summed E-state index contributed by atoms with van der Waals surface area (Å²) in [7, 11) is 0. The summed E-state index contributed by atoms with van der Waals surface area (Å²) in [5.74, 6) is 0.501. The van der Waals surface area contributed by atoms with Gasteiger partial charge in [-0.2, -0.15) is 31.4 Å². The van der Waals surface area contributed by atoms with Crippen LogP contribution in [0.15, 0.2) is 80.6 Å². The van der Waals surface area contributed by atoms with Gasteiger partial charge < -0.3 is 5.32 Å². The third kappa shape index (κ3) is 11.0. The number of hydrogen-bond acceptors (Lipinski definition) is 6. The first-order chi connectivity index (χ1) is 17.3. The van der Waals surface area contributed by atoms with E-state index in [0.29, 0.717) is 35.9 Å². The van der Waals surface area contributed by atoms with Gasteiger partial charge in [0.15, 0.2) is 0 Å². The van der Waals surface area contributed by atoms with E-state index in [1.165, 1.54) is 24.3 Å². The Morgan fingerprint density at radius 3 is 1.70 bits per heavy atom. The Kier molecular flexibility index (Phi) is 9.41. The van der Waals surface area contributed by atoms with Crippen molar-refractivity contribution in [2.24, 2.45) is 15.5 Å². The molecule has 2 N–H and O–H groups in total. The van der Waals surface area contributed by atoms with Gasteiger partial charge in [-0.05, 0) is 71.1 Å². The number of hydrazone groups is 1. The first-order valence-electron chi connectivity index (χ1n) is 11.0. The van der Waals surface area contributed by atoms with E-state index in [-0.39, 0.29) is 38.7 Å². The predicted molar refractivity (Wildman–Crippen MR) is 139 cm³/mol. The first kappa shape index (κ1) is 28.7. The van der Waals surface area contributed by atoms with Crippen LogP contribution in [0.3, 0.4) is 0 Å². The molecule has 1 heterocycles. The fourth-order valence-corrected chi connectivity index (χ4v) is 4.05. The molecule has 0 amide bonds. The van der Waals surface area contributed by atoms with Gasteiger partial charge in [-0.15, -0.1) is 0 Å². The molecule has 0 fully saturated rings. The number of halogens is 6. The van der Waals surface area contributed by atoms with Gasteiger partial charge in [0.25, 0.3) is 0 Å². The summed E-state index contributed by atoms with van der Waals surface area (Å²) < 4.78 is 75.3.